The SMILES string of the molecule is CC(N/C=C(/C#N)C(=O)Nc1ccc(N)c(Cl)c1)c1ccc2c(c1)CCCC2. The monoisotopic (exact) mass is 394 g/mol. The molecule has 0 fully saturated rings. The highest BCUT2D eigenvalue weighted by Crippen LogP contribution is 2.25. The minimum atomic E-state index is -0.506. The molecule has 28 heavy (non-hydrogen) atoms. The molecule has 4 N–H and O–H groups in total. The molecule has 0 aliphatic heterocycles. The van der Waals surface area contributed by atoms with Crippen LogP contribution in [-0.2, 0) is 17.6 Å². The number of benzene rings is 2. The van der Waals surface area contributed by atoms with E-state index in [4.69, 9.17) is 17.3 Å². The lowest BCUT2D eigenvalue weighted by molar-refractivity contribution is -0.112. The van der Waals surface area contributed by atoms with Gasteiger partial charge in [0, 0.05) is 17.9 Å². The first-order chi connectivity index (χ1) is 13.5. The Morgan fingerprint density at radius 3 is 2.68 bits per heavy atom. The van der Waals surface area contributed by atoms with Crippen LogP contribution in [0.25, 0.3) is 0 Å². The molecule has 0 saturated heterocycles. The zero-order valence-electron chi connectivity index (χ0n) is 15.8. The van der Waals surface area contributed by atoms with Crippen molar-refractivity contribution in [2.75, 3.05) is 11.1 Å². The van der Waals surface area contributed by atoms with Crippen molar-refractivity contribution in [3.8, 4) is 6.07 Å². The lowest BCUT2D eigenvalue weighted by Crippen LogP contribution is -2.19. The topological polar surface area (TPSA) is 90.9 Å². The van der Waals surface area contributed by atoms with Gasteiger partial charge in [-0.15, -0.1) is 0 Å². The number of hydrogen-bond donors (Lipinski definition) is 3. The summed E-state index contributed by atoms with van der Waals surface area (Å²) in [6.45, 7) is 2.01. The predicted molar refractivity (Wildman–Crippen MR) is 113 cm³/mol. The Hall–Kier alpha value is -2.97. The van der Waals surface area contributed by atoms with Gasteiger partial charge < -0.3 is 16.4 Å². The fourth-order valence-corrected chi connectivity index (χ4v) is 3.46. The second-order valence-electron chi connectivity index (χ2n) is 6.98. The highest BCUT2D eigenvalue weighted by atomic mass is 35.5. The van der Waals surface area contributed by atoms with Gasteiger partial charge >= 0.3 is 0 Å². The molecular formula is C22H23ClN4O. The van der Waals surface area contributed by atoms with Crippen LogP contribution in [0.15, 0.2) is 48.2 Å². The van der Waals surface area contributed by atoms with Crippen molar-refractivity contribution in [1.29, 1.82) is 5.26 Å². The fourth-order valence-electron chi connectivity index (χ4n) is 3.28. The summed E-state index contributed by atoms with van der Waals surface area (Å²) in [7, 11) is 0. The van der Waals surface area contributed by atoms with Gasteiger partial charge in [0.05, 0.1) is 10.7 Å². The van der Waals surface area contributed by atoms with Crippen LogP contribution in [0.4, 0.5) is 11.4 Å². The average molecular weight is 395 g/mol. The van der Waals surface area contributed by atoms with Crippen LogP contribution in [-0.4, -0.2) is 5.91 Å². The number of nitriles is 1. The van der Waals surface area contributed by atoms with Crippen LogP contribution in [0.5, 0.6) is 0 Å². The van der Waals surface area contributed by atoms with Crippen molar-refractivity contribution < 1.29 is 4.79 Å². The van der Waals surface area contributed by atoms with E-state index < -0.39 is 5.91 Å². The molecule has 0 radical (unpaired) electrons. The lowest BCUT2D eigenvalue weighted by atomic mass is 9.89. The van der Waals surface area contributed by atoms with Crippen molar-refractivity contribution in [3.05, 3.63) is 69.9 Å². The quantitative estimate of drug-likeness (QED) is 0.395. The molecule has 1 atom stereocenters. The molecule has 2 aromatic carbocycles. The van der Waals surface area contributed by atoms with E-state index in [1.165, 1.54) is 30.2 Å². The summed E-state index contributed by atoms with van der Waals surface area (Å²) in [6, 6.07) is 13.2. The number of nitrogens with one attached hydrogen (secondary N) is 2. The van der Waals surface area contributed by atoms with Crippen molar-refractivity contribution in [2.24, 2.45) is 0 Å². The van der Waals surface area contributed by atoms with Crippen LogP contribution in [0.3, 0.4) is 0 Å². The molecule has 1 aliphatic carbocycles. The maximum Gasteiger partial charge on any atom is 0.267 e. The molecule has 0 saturated carbocycles. The first-order valence-electron chi connectivity index (χ1n) is 9.32. The maximum absolute atomic E-state index is 12.4. The summed E-state index contributed by atoms with van der Waals surface area (Å²) in [5.41, 5.74) is 10.5. The van der Waals surface area contributed by atoms with E-state index in [9.17, 15) is 10.1 Å². The number of anilines is 2. The molecule has 0 spiro atoms. The maximum atomic E-state index is 12.4. The van der Waals surface area contributed by atoms with E-state index >= 15 is 0 Å². The summed E-state index contributed by atoms with van der Waals surface area (Å²) in [5.74, 6) is -0.506. The van der Waals surface area contributed by atoms with Crippen molar-refractivity contribution in [2.45, 2.75) is 38.6 Å². The first kappa shape index (κ1) is 19.8. The van der Waals surface area contributed by atoms with E-state index in [0.717, 1.165) is 18.4 Å². The van der Waals surface area contributed by atoms with Gasteiger partial charge in [0.15, 0.2) is 0 Å². The number of hydrogen-bond acceptors (Lipinski definition) is 4. The largest absolute Gasteiger partial charge is 0.398 e. The molecule has 3 rings (SSSR count). The molecule has 5 nitrogen and oxygen atoms in total. The van der Waals surface area contributed by atoms with Gasteiger partial charge in [-0.2, -0.15) is 5.26 Å². The number of nitrogen functional groups attached to an aromatic ring is 1. The summed E-state index contributed by atoms with van der Waals surface area (Å²) >= 11 is 5.96. The molecule has 144 valence electrons. The van der Waals surface area contributed by atoms with Crippen molar-refractivity contribution in [3.63, 3.8) is 0 Å². The number of halogens is 1. The molecule has 0 aromatic heterocycles. The summed E-state index contributed by atoms with van der Waals surface area (Å²) in [6.07, 6.45) is 6.19. The Morgan fingerprint density at radius 1 is 1.21 bits per heavy atom. The highest BCUT2D eigenvalue weighted by Gasteiger charge is 2.14. The molecule has 6 heteroatoms. The molecule has 2 aromatic rings. The minimum Gasteiger partial charge on any atom is -0.398 e. The van der Waals surface area contributed by atoms with Crippen molar-refractivity contribution in [1.82, 2.24) is 5.32 Å². The summed E-state index contributed by atoms with van der Waals surface area (Å²) in [4.78, 5) is 12.4. The minimum absolute atomic E-state index is 0.0160. The smallest absolute Gasteiger partial charge is 0.267 e. The van der Waals surface area contributed by atoms with Crippen LogP contribution < -0.4 is 16.4 Å². The van der Waals surface area contributed by atoms with E-state index in [-0.39, 0.29) is 11.6 Å². The van der Waals surface area contributed by atoms with E-state index in [1.54, 1.807) is 18.2 Å². The number of aryl methyl sites for hydroxylation is 2. The van der Waals surface area contributed by atoms with Gasteiger partial charge in [-0.25, -0.2) is 0 Å². The third kappa shape index (κ3) is 4.65. The summed E-state index contributed by atoms with van der Waals surface area (Å²) in [5, 5.41) is 15.5. The Labute approximate surface area is 170 Å². The van der Waals surface area contributed by atoms with E-state index in [2.05, 4.69) is 28.8 Å². The zero-order chi connectivity index (χ0) is 20.1. The second-order valence-corrected chi connectivity index (χ2v) is 7.39. The molecule has 1 aliphatic rings. The number of carbonyl (C=O) groups is 1. The zero-order valence-corrected chi connectivity index (χ0v) is 16.5. The Bertz CT molecular complexity index is 961. The number of nitrogens with two attached hydrogens (primary N) is 1. The number of rotatable bonds is 5. The third-order valence-corrected chi connectivity index (χ3v) is 5.30. The van der Waals surface area contributed by atoms with Gasteiger partial charge in [-0.05, 0) is 67.5 Å². The van der Waals surface area contributed by atoms with Gasteiger partial charge in [-0.1, -0.05) is 29.8 Å². The normalized spacial score (nSPS) is 14.5. The Kier molecular flexibility index (Phi) is 6.23. The van der Waals surface area contributed by atoms with Gasteiger partial charge in [-0.3, -0.25) is 4.79 Å². The highest BCUT2D eigenvalue weighted by molar-refractivity contribution is 6.33. The molecular weight excluding hydrogens is 372 g/mol. The van der Waals surface area contributed by atoms with Crippen LogP contribution in [0.1, 0.15) is 42.5 Å². The molecule has 0 bridgehead atoms. The Balaban J connectivity index is 1.67. The Morgan fingerprint density at radius 2 is 1.96 bits per heavy atom. The van der Waals surface area contributed by atoms with Crippen molar-refractivity contribution >= 4 is 28.9 Å². The van der Waals surface area contributed by atoms with Crippen LogP contribution >= 0.6 is 11.6 Å². The van der Waals surface area contributed by atoms with Crippen LogP contribution in [0, 0.1) is 11.3 Å². The third-order valence-electron chi connectivity index (χ3n) is 4.97. The first-order valence-corrected chi connectivity index (χ1v) is 9.70. The van der Waals surface area contributed by atoms with Gasteiger partial charge in [0.2, 0.25) is 0 Å². The van der Waals surface area contributed by atoms with E-state index in [1.807, 2.05) is 13.0 Å². The van der Waals surface area contributed by atoms with Gasteiger partial charge in [0.1, 0.15) is 11.6 Å². The number of carbonyl (C=O) groups excluding carboxylic acids is 1. The van der Waals surface area contributed by atoms with E-state index in [0.29, 0.717) is 16.4 Å². The standard InChI is InChI=1S/C22H23ClN4O/c1-14(16-7-6-15-4-2-3-5-17(15)10-16)26-13-18(12-24)22(28)27-19-8-9-21(25)20(23)11-19/h6-11,13-14,26H,2-5,25H2,1H3,(H,27,28)/b18-13-. The molecule has 0 heterocycles. The number of nitrogens with zero attached hydrogens (tertiary/aromatic N) is 1. The molecule has 1 amide bonds. The van der Waals surface area contributed by atoms with Crippen LogP contribution in [0.2, 0.25) is 5.02 Å². The van der Waals surface area contributed by atoms with Gasteiger partial charge in [0.25, 0.3) is 5.91 Å². The molecule has 1 unspecified atom stereocenters. The lowest BCUT2D eigenvalue weighted by Gasteiger charge is -2.19. The predicted octanol–water partition coefficient (Wildman–Crippen LogP) is 4.50. The number of amides is 1. The second kappa shape index (κ2) is 8.81. The number of fused-ring (bicyclic) bond motifs is 1. The average Bonchev–Trinajstić information content (AvgIpc) is 2.70. The fraction of sp³-hybridized carbons (Fsp3) is 0.273. The summed E-state index contributed by atoms with van der Waals surface area (Å²) < 4.78 is 0.